The zero-order valence-electron chi connectivity index (χ0n) is 15.1. The molecule has 1 unspecified atom stereocenters. The summed E-state index contributed by atoms with van der Waals surface area (Å²) in [5.74, 6) is 0.689. The van der Waals surface area contributed by atoms with Crippen LogP contribution in [0.4, 0.5) is 0 Å². The third kappa shape index (κ3) is 3.49. The lowest BCUT2D eigenvalue weighted by molar-refractivity contribution is 0.201. The van der Waals surface area contributed by atoms with E-state index >= 15 is 0 Å². The molecule has 0 aliphatic carbocycles. The molecule has 27 heavy (non-hydrogen) atoms. The molecule has 0 N–H and O–H groups in total. The van der Waals surface area contributed by atoms with Gasteiger partial charge < -0.3 is 9.15 Å². The molecule has 0 saturated carbocycles. The van der Waals surface area contributed by atoms with Gasteiger partial charge in [0.1, 0.15) is 23.7 Å². The summed E-state index contributed by atoms with van der Waals surface area (Å²) in [4.78, 5) is 12.8. The van der Waals surface area contributed by atoms with Crippen LogP contribution in [-0.2, 0) is 0 Å². The zero-order chi connectivity index (χ0) is 18.6. The van der Waals surface area contributed by atoms with Crippen molar-refractivity contribution in [3.8, 4) is 16.9 Å². The van der Waals surface area contributed by atoms with Gasteiger partial charge in [0, 0.05) is 6.07 Å². The summed E-state index contributed by atoms with van der Waals surface area (Å²) in [6, 6.07) is 25.1. The van der Waals surface area contributed by atoms with Crippen LogP contribution >= 0.6 is 0 Å². The van der Waals surface area contributed by atoms with E-state index in [0.717, 1.165) is 17.5 Å². The number of fused-ring (bicyclic) bond motifs is 1. The Balaban J connectivity index is 1.68. The van der Waals surface area contributed by atoms with Gasteiger partial charge in [-0.25, -0.2) is 0 Å². The van der Waals surface area contributed by atoms with E-state index in [4.69, 9.17) is 9.15 Å². The van der Waals surface area contributed by atoms with Crippen LogP contribution in [0, 0.1) is 0 Å². The van der Waals surface area contributed by atoms with Crippen molar-refractivity contribution < 1.29 is 9.15 Å². The molecule has 0 amide bonds. The Hall–Kier alpha value is -3.33. The summed E-state index contributed by atoms with van der Waals surface area (Å²) in [7, 11) is 0. The summed E-state index contributed by atoms with van der Waals surface area (Å²) in [5.41, 5.74) is 3.03. The molecule has 4 aromatic rings. The lowest BCUT2D eigenvalue weighted by Crippen LogP contribution is -2.07. The molecule has 0 spiro atoms. The second kappa shape index (κ2) is 7.50. The fourth-order valence-corrected chi connectivity index (χ4v) is 3.22. The summed E-state index contributed by atoms with van der Waals surface area (Å²) < 4.78 is 11.9. The molecule has 134 valence electrons. The Labute approximate surface area is 157 Å². The van der Waals surface area contributed by atoms with Gasteiger partial charge in [0.2, 0.25) is 0 Å². The van der Waals surface area contributed by atoms with E-state index in [0.29, 0.717) is 22.3 Å². The molecule has 1 heterocycles. The Kier molecular flexibility index (Phi) is 4.75. The highest BCUT2D eigenvalue weighted by Crippen LogP contribution is 2.28. The van der Waals surface area contributed by atoms with Gasteiger partial charge >= 0.3 is 0 Å². The molecule has 4 rings (SSSR count). The normalized spacial score (nSPS) is 12.0. The molecule has 0 fully saturated rings. The first kappa shape index (κ1) is 17.1. The van der Waals surface area contributed by atoms with Crippen molar-refractivity contribution in [2.24, 2.45) is 0 Å². The van der Waals surface area contributed by atoms with Gasteiger partial charge in [-0.1, -0.05) is 67.6 Å². The number of rotatable bonds is 5. The molecule has 3 nitrogen and oxygen atoms in total. The fourth-order valence-electron chi connectivity index (χ4n) is 3.22. The molecule has 3 aromatic carbocycles. The smallest absolute Gasteiger partial charge is 0.200 e. The van der Waals surface area contributed by atoms with Crippen LogP contribution in [0.25, 0.3) is 22.1 Å². The van der Waals surface area contributed by atoms with E-state index in [9.17, 15) is 4.79 Å². The Bertz CT molecular complexity index is 1100. The number of ether oxygens (including phenoxy) is 1. The summed E-state index contributed by atoms with van der Waals surface area (Å²) in [6.45, 7) is 2.09. The zero-order valence-corrected chi connectivity index (χ0v) is 15.1. The largest absolute Gasteiger partial charge is 0.486 e. The maximum absolute atomic E-state index is 12.8. The topological polar surface area (TPSA) is 39.4 Å². The minimum atomic E-state index is -0.0426. The second-order valence-corrected chi connectivity index (χ2v) is 6.43. The highest BCUT2D eigenvalue weighted by Gasteiger charge is 2.13. The number of hydrogen-bond donors (Lipinski definition) is 0. The van der Waals surface area contributed by atoms with Crippen molar-refractivity contribution in [3.05, 3.63) is 101 Å². The lowest BCUT2D eigenvalue weighted by Gasteiger charge is -2.18. The predicted molar refractivity (Wildman–Crippen MR) is 108 cm³/mol. The van der Waals surface area contributed by atoms with Gasteiger partial charge in [-0.2, -0.15) is 0 Å². The molecule has 0 radical (unpaired) electrons. The van der Waals surface area contributed by atoms with Crippen LogP contribution in [0.1, 0.15) is 25.0 Å². The Morgan fingerprint density at radius 2 is 1.63 bits per heavy atom. The highest BCUT2D eigenvalue weighted by molar-refractivity contribution is 5.82. The maximum atomic E-state index is 12.8. The van der Waals surface area contributed by atoms with Crippen molar-refractivity contribution in [2.45, 2.75) is 19.4 Å². The summed E-state index contributed by atoms with van der Waals surface area (Å²) >= 11 is 0. The van der Waals surface area contributed by atoms with E-state index in [1.165, 1.54) is 6.26 Å². The highest BCUT2D eigenvalue weighted by atomic mass is 16.5. The van der Waals surface area contributed by atoms with Crippen LogP contribution in [0.15, 0.2) is 94.3 Å². The Morgan fingerprint density at radius 3 is 2.33 bits per heavy atom. The van der Waals surface area contributed by atoms with E-state index in [1.807, 2.05) is 54.6 Å². The molecule has 0 aliphatic heterocycles. The third-order valence-corrected chi connectivity index (χ3v) is 4.65. The van der Waals surface area contributed by atoms with Crippen LogP contribution < -0.4 is 10.2 Å². The van der Waals surface area contributed by atoms with E-state index in [2.05, 4.69) is 19.1 Å². The first-order valence-electron chi connectivity index (χ1n) is 9.09. The van der Waals surface area contributed by atoms with E-state index < -0.39 is 0 Å². The van der Waals surface area contributed by atoms with Crippen molar-refractivity contribution in [1.29, 1.82) is 0 Å². The minimum Gasteiger partial charge on any atom is -0.486 e. The summed E-state index contributed by atoms with van der Waals surface area (Å²) in [5, 5.41) is 0.552. The van der Waals surface area contributed by atoms with Crippen LogP contribution in [0.3, 0.4) is 0 Å². The lowest BCUT2D eigenvalue weighted by atomic mass is 10.1. The number of benzene rings is 3. The average Bonchev–Trinajstić information content (AvgIpc) is 2.73. The van der Waals surface area contributed by atoms with Crippen LogP contribution in [0.2, 0.25) is 0 Å². The van der Waals surface area contributed by atoms with Gasteiger partial charge in [0.25, 0.3) is 0 Å². The monoisotopic (exact) mass is 356 g/mol. The first-order chi connectivity index (χ1) is 13.3. The fraction of sp³-hybridized carbons (Fsp3) is 0.125. The third-order valence-electron chi connectivity index (χ3n) is 4.65. The molecular formula is C24H20O3. The standard InChI is InChI=1S/C24H20O3/c1-2-22(18-11-7-4-8-12-18)27-19-13-14-20-23(15-19)26-16-21(24(20)25)17-9-5-3-6-10-17/h3-16,22H,2H2,1H3. The van der Waals surface area contributed by atoms with Crippen molar-refractivity contribution >= 4 is 11.0 Å². The van der Waals surface area contributed by atoms with Gasteiger partial charge in [-0.05, 0) is 29.7 Å². The molecule has 1 atom stereocenters. The summed E-state index contributed by atoms with van der Waals surface area (Å²) in [6.07, 6.45) is 2.33. The number of hydrogen-bond acceptors (Lipinski definition) is 3. The maximum Gasteiger partial charge on any atom is 0.200 e. The molecule has 0 aliphatic rings. The molecule has 1 aromatic heterocycles. The minimum absolute atomic E-state index is 0.0379. The van der Waals surface area contributed by atoms with E-state index in [-0.39, 0.29) is 11.5 Å². The molecule has 3 heteroatoms. The van der Waals surface area contributed by atoms with Crippen molar-refractivity contribution in [3.63, 3.8) is 0 Å². The molecule has 0 bridgehead atoms. The SMILES string of the molecule is CCC(Oc1ccc2c(=O)c(-c3ccccc3)coc2c1)c1ccccc1. The average molecular weight is 356 g/mol. The van der Waals surface area contributed by atoms with Crippen LogP contribution in [-0.4, -0.2) is 0 Å². The second-order valence-electron chi connectivity index (χ2n) is 6.43. The van der Waals surface area contributed by atoms with E-state index in [1.54, 1.807) is 12.1 Å². The quantitative estimate of drug-likeness (QED) is 0.441. The van der Waals surface area contributed by atoms with Crippen LogP contribution in [0.5, 0.6) is 5.75 Å². The molecular weight excluding hydrogens is 336 g/mol. The van der Waals surface area contributed by atoms with Crippen molar-refractivity contribution in [1.82, 2.24) is 0 Å². The van der Waals surface area contributed by atoms with Gasteiger partial charge in [-0.3, -0.25) is 4.79 Å². The Morgan fingerprint density at radius 1 is 0.926 bits per heavy atom. The van der Waals surface area contributed by atoms with Crippen molar-refractivity contribution in [2.75, 3.05) is 0 Å². The molecule has 0 saturated heterocycles. The van der Waals surface area contributed by atoms with Gasteiger partial charge in [0.15, 0.2) is 5.43 Å². The predicted octanol–water partition coefficient (Wildman–Crippen LogP) is 5.99. The first-order valence-corrected chi connectivity index (χ1v) is 9.09. The van der Waals surface area contributed by atoms with Gasteiger partial charge in [-0.15, -0.1) is 0 Å². The van der Waals surface area contributed by atoms with Gasteiger partial charge in [0.05, 0.1) is 10.9 Å².